The summed E-state index contributed by atoms with van der Waals surface area (Å²) in [6.07, 6.45) is 5.77. The van der Waals surface area contributed by atoms with E-state index in [0.29, 0.717) is 11.5 Å². The number of imidazole rings is 1. The van der Waals surface area contributed by atoms with E-state index < -0.39 is 0 Å². The van der Waals surface area contributed by atoms with Gasteiger partial charge >= 0.3 is 0 Å². The maximum absolute atomic E-state index is 6.79. The first-order valence-corrected chi connectivity index (χ1v) is 27.9. The average Bonchev–Trinajstić information content (AvgIpc) is 4.08. The van der Waals surface area contributed by atoms with E-state index in [1.54, 1.807) is 0 Å². The van der Waals surface area contributed by atoms with Crippen LogP contribution in [0, 0.1) is 18.5 Å². The summed E-state index contributed by atoms with van der Waals surface area (Å²) in [5, 5.41) is 2.21. The summed E-state index contributed by atoms with van der Waals surface area (Å²) >= 11 is 0. The summed E-state index contributed by atoms with van der Waals surface area (Å²) in [5.41, 5.74) is 18.9. The molecule has 0 amide bonds. The molecule has 0 radical (unpaired) electrons. The Morgan fingerprint density at radius 2 is 0.950 bits per heavy atom. The predicted molar refractivity (Wildman–Crippen MR) is 330 cm³/mol. The van der Waals surface area contributed by atoms with Crippen LogP contribution in [-0.2, 0) is 48.1 Å². The second-order valence-electron chi connectivity index (χ2n) is 26.7. The molecule has 0 saturated heterocycles. The van der Waals surface area contributed by atoms with Crippen molar-refractivity contribution < 1.29 is 30.4 Å². The number of hydrogen-bond acceptors (Lipinski definition) is 2. The molecule has 11 rings (SSSR count). The third-order valence-corrected chi connectivity index (χ3v) is 15.6. The number of pyridine rings is 1. The molecule has 8 aromatic carbocycles. The molecule has 0 spiro atoms. The van der Waals surface area contributed by atoms with Gasteiger partial charge in [0.05, 0.1) is 16.7 Å². The van der Waals surface area contributed by atoms with E-state index in [4.69, 9.17) is 9.72 Å². The zero-order chi connectivity index (χ0) is 56.0. The topological polar surface area (TPSA) is 35.9 Å². The monoisotopic (exact) mass is 1230 g/mol. The van der Waals surface area contributed by atoms with E-state index in [0.717, 1.165) is 55.6 Å². The number of para-hydroxylation sites is 3. The van der Waals surface area contributed by atoms with E-state index in [1.807, 2.05) is 24.4 Å². The summed E-state index contributed by atoms with van der Waals surface area (Å²) in [5.74, 6) is 1.99. The minimum atomic E-state index is -0.0748. The number of aromatic nitrogens is 4. The molecule has 6 heteroatoms. The Morgan fingerprint density at radius 3 is 1.54 bits per heavy atom. The Balaban J connectivity index is 0.00000720. The third-order valence-electron chi connectivity index (χ3n) is 15.6. The van der Waals surface area contributed by atoms with Gasteiger partial charge in [-0.05, 0) is 130 Å². The maximum Gasteiger partial charge on any atom is 0.268 e. The Hall–Kier alpha value is -7.33. The molecule has 0 bridgehead atoms. The van der Waals surface area contributed by atoms with Crippen molar-refractivity contribution in [3.8, 4) is 62.1 Å². The van der Waals surface area contributed by atoms with Crippen molar-refractivity contribution >= 4 is 32.8 Å². The average molecular weight is 1230 g/mol. The van der Waals surface area contributed by atoms with E-state index in [-0.39, 0.29) is 48.1 Å². The van der Waals surface area contributed by atoms with Gasteiger partial charge in [0.15, 0.2) is 0 Å². The van der Waals surface area contributed by atoms with E-state index >= 15 is 0 Å². The Morgan fingerprint density at radius 1 is 0.438 bits per heavy atom. The Kier molecular flexibility index (Phi) is 14.4. The molecule has 80 heavy (non-hydrogen) atoms. The van der Waals surface area contributed by atoms with Crippen molar-refractivity contribution in [2.24, 2.45) is 0 Å². The van der Waals surface area contributed by atoms with Crippen LogP contribution < -0.4 is 9.30 Å². The van der Waals surface area contributed by atoms with Gasteiger partial charge in [-0.15, -0.1) is 29.7 Å². The van der Waals surface area contributed by atoms with Crippen LogP contribution in [-0.4, -0.2) is 14.1 Å². The quantitative estimate of drug-likeness (QED) is 0.112. The van der Waals surface area contributed by atoms with Crippen LogP contribution in [0.5, 0.6) is 11.5 Å². The van der Waals surface area contributed by atoms with Gasteiger partial charge < -0.3 is 13.9 Å². The number of benzene rings is 8. The van der Waals surface area contributed by atoms with Crippen LogP contribution in [0.25, 0.3) is 83.4 Å². The summed E-state index contributed by atoms with van der Waals surface area (Å²) in [6, 6.07) is 69.2. The molecular formula is C74H74N4OPt-2. The fourth-order valence-electron chi connectivity index (χ4n) is 10.8. The largest absolute Gasteiger partial charge is 0.510 e. The van der Waals surface area contributed by atoms with Gasteiger partial charge in [-0.1, -0.05) is 219 Å². The van der Waals surface area contributed by atoms with Crippen molar-refractivity contribution in [3.05, 3.63) is 222 Å². The van der Waals surface area contributed by atoms with Crippen LogP contribution in [0.4, 0.5) is 0 Å². The van der Waals surface area contributed by atoms with Gasteiger partial charge in [-0.2, -0.15) is 18.2 Å². The van der Waals surface area contributed by atoms with Gasteiger partial charge in [0.25, 0.3) is 6.33 Å². The summed E-state index contributed by atoms with van der Waals surface area (Å²) in [7, 11) is 0. The van der Waals surface area contributed by atoms with Crippen LogP contribution in [0.1, 0.15) is 132 Å². The molecule has 3 heterocycles. The number of nitrogens with zero attached hydrogens (tertiary/aromatic N) is 4. The number of rotatable bonds is 8. The molecular weight excluding hydrogens is 1160 g/mol. The van der Waals surface area contributed by atoms with Gasteiger partial charge in [-0.3, -0.25) is 4.57 Å². The van der Waals surface area contributed by atoms with Crippen LogP contribution in [0.2, 0.25) is 0 Å². The molecule has 11 aromatic rings. The van der Waals surface area contributed by atoms with E-state index in [9.17, 15) is 0 Å². The van der Waals surface area contributed by atoms with Gasteiger partial charge in [-0.25, -0.2) is 4.98 Å². The van der Waals surface area contributed by atoms with Gasteiger partial charge in [0.1, 0.15) is 5.82 Å². The van der Waals surface area contributed by atoms with Crippen LogP contribution in [0.3, 0.4) is 0 Å². The van der Waals surface area contributed by atoms with E-state index in [2.05, 4.69) is 288 Å². The van der Waals surface area contributed by atoms with Crippen molar-refractivity contribution in [1.29, 1.82) is 0 Å². The molecule has 5 nitrogen and oxygen atoms in total. The van der Waals surface area contributed by atoms with Crippen molar-refractivity contribution in [2.75, 3.05) is 0 Å². The van der Waals surface area contributed by atoms with Gasteiger partial charge in [0.2, 0.25) is 0 Å². The normalized spacial score (nSPS) is 12.6. The molecule has 0 fully saturated rings. The maximum atomic E-state index is 6.79. The number of ether oxygens (including phenoxy) is 1. The molecule has 3 aromatic heterocycles. The molecule has 0 unspecified atom stereocenters. The van der Waals surface area contributed by atoms with Gasteiger partial charge in [0, 0.05) is 44.3 Å². The summed E-state index contributed by atoms with van der Waals surface area (Å²) in [6.45, 7) is 34.6. The zero-order valence-electron chi connectivity index (χ0n) is 49.3. The first-order valence-electron chi connectivity index (χ1n) is 27.9. The smallest absolute Gasteiger partial charge is 0.268 e. The predicted octanol–water partition coefficient (Wildman–Crippen LogP) is 19.1. The van der Waals surface area contributed by atoms with Crippen molar-refractivity contribution in [2.45, 2.75) is 131 Å². The minimum absolute atomic E-state index is 0. The summed E-state index contributed by atoms with van der Waals surface area (Å²) in [4.78, 5) is 4.91. The summed E-state index contributed by atoms with van der Waals surface area (Å²) < 4.78 is 13.4. The second-order valence-corrected chi connectivity index (χ2v) is 26.7. The standard InChI is InChI=1S/C74H74N4O.Pt/c1-70(2,3)50-36-37-75-67(44-50)78-64-32-20-19-28-61(64)62-35-34-58(46-66(62)78)79-57-27-21-26-56(45-57)76-47-77(55-24-17-16-18-25-55)69-63(31-23-33-65(69)76)68-59(48-38-51(71(4,5)6)42-52(39-48)72(7,8)9)29-22-30-60(68)49-40-53(73(10,11)12)43-54(41-49)74(13,14)15;/h16-44H,1-15H3;/q-2;. The minimum Gasteiger partial charge on any atom is -0.510 e. The zero-order valence-corrected chi connectivity index (χ0v) is 51.5. The molecule has 0 N–H and O–H groups in total. The van der Waals surface area contributed by atoms with Crippen molar-refractivity contribution in [3.63, 3.8) is 0 Å². The first-order chi connectivity index (χ1) is 37.3. The van der Waals surface area contributed by atoms with E-state index in [1.165, 1.54) is 55.6 Å². The molecule has 0 atom stereocenters. The molecule has 408 valence electrons. The fourth-order valence-corrected chi connectivity index (χ4v) is 10.8. The van der Waals surface area contributed by atoms with Crippen LogP contribution >= 0.6 is 0 Å². The Labute approximate surface area is 489 Å². The van der Waals surface area contributed by atoms with Crippen molar-refractivity contribution in [1.82, 2.24) is 14.1 Å². The first kappa shape index (κ1) is 56.0. The Bertz CT molecular complexity index is 3960. The number of hydrogen-bond donors (Lipinski definition) is 0. The SMILES string of the molecule is CC(C)(C)c1cc(-c2cccc(-c3cc(C(C)(C)C)cc(C(C)(C)C)c3)c2-c2cccc3c2[n+](-c2ccccc2)[c-]n3-c2[c-]c(Oc3[c-]c4c(cc3)c3ccccc3n4-c3cc(C(C)(C)C)ccn3)ccc2)cc(C(C)(C)C)c1.[Pt]. The third kappa shape index (κ3) is 10.7. The molecule has 0 aliphatic heterocycles. The second kappa shape index (κ2) is 20.6. The fraction of sp³-hybridized carbons (Fsp3) is 0.270. The molecule has 0 aliphatic rings. The molecule has 0 aliphatic carbocycles. The molecule has 0 saturated carbocycles. The van der Waals surface area contributed by atoms with Crippen LogP contribution in [0.15, 0.2) is 176 Å². The number of fused-ring (bicyclic) bond motifs is 4.